The van der Waals surface area contributed by atoms with E-state index in [9.17, 15) is 14.0 Å². The van der Waals surface area contributed by atoms with Gasteiger partial charge in [0.15, 0.2) is 11.6 Å². The van der Waals surface area contributed by atoms with Gasteiger partial charge in [-0.25, -0.2) is 4.39 Å². The molecule has 0 fully saturated rings. The number of hydrogen-bond acceptors (Lipinski definition) is 3. The molecule has 0 saturated heterocycles. The third-order valence-electron chi connectivity index (χ3n) is 3.64. The monoisotopic (exact) mass is 398 g/mol. The first-order chi connectivity index (χ1) is 12.3. The lowest BCUT2D eigenvalue weighted by Gasteiger charge is -2.18. The number of carbonyl (C=O) groups is 2. The normalized spacial score (nSPS) is 10.3. The van der Waals surface area contributed by atoms with Gasteiger partial charge in [-0.3, -0.25) is 9.59 Å². The van der Waals surface area contributed by atoms with Crippen LogP contribution >= 0.6 is 23.2 Å². The summed E-state index contributed by atoms with van der Waals surface area (Å²) in [7, 11) is 2.94. The second kappa shape index (κ2) is 8.87. The summed E-state index contributed by atoms with van der Waals surface area (Å²) >= 11 is 11.7. The fourth-order valence-electron chi connectivity index (χ4n) is 2.20. The van der Waals surface area contributed by atoms with Crippen LogP contribution in [0.25, 0.3) is 0 Å². The van der Waals surface area contributed by atoms with E-state index in [4.69, 9.17) is 27.9 Å². The molecule has 8 heteroatoms. The molecule has 26 heavy (non-hydrogen) atoms. The van der Waals surface area contributed by atoms with Crippen LogP contribution in [0.1, 0.15) is 15.9 Å². The van der Waals surface area contributed by atoms with Crippen LogP contribution in [0.3, 0.4) is 0 Å². The lowest BCUT2D eigenvalue weighted by molar-refractivity contribution is -0.129. The molecular formula is C18H17Cl2FN2O3. The van der Waals surface area contributed by atoms with Crippen molar-refractivity contribution in [2.75, 3.05) is 20.7 Å². The zero-order chi connectivity index (χ0) is 19.3. The molecule has 2 rings (SSSR count). The molecule has 0 bridgehead atoms. The van der Waals surface area contributed by atoms with Crippen molar-refractivity contribution >= 4 is 35.0 Å². The summed E-state index contributed by atoms with van der Waals surface area (Å²) in [6.07, 6.45) is 0. The fourth-order valence-corrected chi connectivity index (χ4v) is 2.50. The molecule has 5 nitrogen and oxygen atoms in total. The molecule has 138 valence electrons. The quantitative estimate of drug-likeness (QED) is 0.809. The van der Waals surface area contributed by atoms with E-state index in [1.165, 1.54) is 42.3 Å². The topological polar surface area (TPSA) is 58.6 Å². The average molecular weight is 399 g/mol. The van der Waals surface area contributed by atoms with E-state index in [-0.39, 0.29) is 29.8 Å². The van der Waals surface area contributed by atoms with Gasteiger partial charge in [0, 0.05) is 19.2 Å². The van der Waals surface area contributed by atoms with Crippen molar-refractivity contribution in [3.05, 3.63) is 63.4 Å². The van der Waals surface area contributed by atoms with E-state index in [0.29, 0.717) is 16.1 Å². The molecule has 0 atom stereocenters. The minimum atomic E-state index is -0.501. The van der Waals surface area contributed by atoms with Crippen LogP contribution in [0.4, 0.5) is 4.39 Å². The van der Waals surface area contributed by atoms with E-state index in [1.54, 1.807) is 13.1 Å². The van der Waals surface area contributed by atoms with Crippen molar-refractivity contribution in [2.45, 2.75) is 6.54 Å². The van der Waals surface area contributed by atoms with Gasteiger partial charge in [0.05, 0.1) is 23.7 Å². The van der Waals surface area contributed by atoms with Gasteiger partial charge < -0.3 is 15.0 Å². The highest BCUT2D eigenvalue weighted by Crippen LogP contribution is 2.22. The number of hydrogen-bond donors (Lipinski definition) is 1. The van der Waals surface area contributed by atoms with E-state index in [0.717, 1.165) is 0 Å². The van der Waals surface area contributed by atoms with E-state index in [2.05, 4.69) is 5.32 Å². The minimum Gasteiger partial charge on any atom is -0.494 e. The number of amides is 2. The van der Waals surface area contributed by atoms with Gasteiger partial charge in [-0.15, -0.1) is 0 Å². The summed E-state index contributed by atoms with van der Waals surface area (Å²) in [5.41, 5.74) is 0.905. The molecular weight excluding hydrogens is 382 g/mol. The van der Waals surface area contributed by atoms with Crippen LogP contribution in [-0.2, 0) is 11.3 Å². The third kappa shape index (κ3) is 5.09. The van der Waals surface area contributed by atoms with E-state index >= 15 is 0 Å². The summed E-state index contributed by atoms with van der Waals surface area (Å²) in [4.78, 5) is 25.6. The van der Waals surface area contributed by atoms with Crippen LogP contribution in [0.15, 0.2) is 36.4 Å². The molecule has 0 heterocycles. The molecule has 0 aromatic heterocycles. The van der Waals surface area contributed by atoms with Crippen LogP contribution < -0.4 is 10.1 Å². The van der Waals surface area contributed by atoms with Crippen molar-refractivity contribution in [3.8, 4) is 5.75 Å². The molecule has 2 aromatic rings. The Morgan fingerprint density at radius 1 is 1.15 bits per heavy atom. The molecule has 0 aliphatic heterocycles. The average Bonchev–Trinajstić information content (AvgIpc) is 2.61. The minimum absolute atomic E-state index is 0.136. The Hall–Kier alpha value is -2.31. The number of halogens is 3. The number of carbonyl (C=O) groups excluding carboxylic acids is 2. The van der Waals surface area contributed by atoms with Gasteiger partial charge >= 0.3 is 0 Å². The van der Waals surface area contributed by atoms with Crippen LogP contribution in [0.5, 0.6) is 5.75 Å². The second-order valence-corrected chi connectivity index (χ2v) is 6.34. The standard InChI is InChI=1S/C18H17Cl2FN2O3/c1-23(10-11-3-6-16(26-2)15(21)7-11)17(24)9-22-18(25)12-4-5-13(19)14(20)8-12/h3-8H,9-10H2,1-2H3,(H,22,25). The number of rotatable bonds is 6. The number of benzene rings is 2. The molecule has 0 aliphatic carbocycles. The summed E-state index contributed by atoms with van der Waals surface area (Å²) < 4.78 is 18.6. The molecule has 0 aliphatic rings. The number of likely N-dealkylation sites (N-methyl/N-ethyl adjacent to an activating group) is 1. The van der Waals surface area contributed by atoms with Gasteiger partial charge in [-0.2, -0.15) is 0 Å². The second-order valence-electron chi connectivity index (χ2n) is 5.53. The maximum Gasteiger partial charge on any atom is 0.251 e. The largest absolute Gasteiger partial charge is 0.494 e. The number of nitrogens with one attached hydrogen (secondary N) is 1. The molecule has 0 saturated carbocycles. The van der Waals surface area contributed by atoms with Crippen molar-refractivity contribution in [1.29, 1.82) is 0 Å². The van der Waals surface area contributed by atoms with Gasteiger partial charge in [-0.05, 0) is 35.9 Å². The lowest BCUT2D eigenvalue weighted by Crippen LogP contribution is -2.37. The predicted molar refractivity (Wildman–Crippen MR) is 98.2 cm³/mol. The lowest BCUT2D eigenvalue weighted by atomic mass is 10.2. The number of nitrogens with zero attached hydrogens (tertiary/aromatic N) is 1. The first kappa shape index (κ1) is 20.0. The SMILES string of the molecule is COc1ccc(CN(C)C(=O)CNC(=O)c2ccc(Cl)c(Cl)c2)cc1F. The van der Waals surface area contributed by atoms with Crippen LogP contribution in [-0.4, -0.2) is 37.4 Å². The van der Waals surface area contributed by atoms with Gasteiger partial charge in [0.25, 0.3) is 5.91 Å². The molecule has 0 radical (unpaired) electrons. The fraction of sp³-hybridized carbons (Fsp3) is 0.222. The summed E-state index contributed by atoms with van der Waals surface area (Å²) in [5.74, 6) is -1.13. The molecule has 1 N–H and O–H groups in total. The first-order valence-electron chi connectivity index (χ1n) is 7.61. The Bertz CT molecular complexity index is 830. The zero-order valence-electron chi connectivity index (χ0n) is 14.2. The highest BCUT2D eigenvalue weighted by atomic mass is 35.5. The summed E-state index contributed by atoms with van der Waals surface area (Å²) in [5, 5.41) is 3.11. The van der Waals surface area contributed by atoms with Gasteiger partial charge in [0.1, 0.15) is 0 Å². The maximum absolute atomic E-state index is 13.7. The molecule has 0 spiro atoms. The highest BCUT2D eigenvalue weighted by Gasteiger charge is 2.14. The summed E-state index contributed by atoms with van der Waals surface area (Å²) in [6, 6.07) is 8.91. The highest BCUT2D eigenvalue weighted by molar-refractivity contribution is 6.42. The third-order valence-corrected chi connectivity index (χ3v) is 4.38. The molecule has 0 unspecified atom stereocenters. The smallest absolute Gasteiger partial charge is 0.251 e. The van der Waals surface area contributed by atoms with Crippen molar-refractivity contribution in [3.63, 3.8) is 0 Å². The summed E-state index contributed by atoms with van der Waals surface area (Å²) in [6.45, 7) is -0.00337. The van der Waals surface area contributed by atoms with E-state index in [1.807, 2.05) is 0 Å². The van der Waals surface area contributed by atoms with Crippen molar-refractivity contribution in [1.82, 2.24) is 10.2 Å². The van der Waals surface area contributed by atoms with E-state index < -0.39 is 11.7 Å². The van der Waals surface area contributed by atoms with Crippen molar-refractivity contribution < 1.29 is 18.7 Å². The zero-order valence-corrected chi connectivity index (χ0v) is 15.7. The Morgan fingerprint density at radius 2 is 1.88 bits per heavy atom. The van der Waals surface area contributed by atoms with Gasteiger partial charge in [0.2, 0.25) is 5.91 Å². The van der Waals surface area contributed by atoms with Crippen molar-refractivity contribution in [2.24, 2.45) is 0 Å². The number of ether oxygens (including phenoxy) is 1. The van der Waals surface area contributed by atoms with Gasteiger partial charge in [-0.1, -0.05) is 29.3 Å². The van der Waals surface area contributed by atoms with Crippen LogP contribution in [0, 0.1) is 5.82 Å². The van der Waals surface area contributed by atoms with Crippen LogP contribution in [0.2, 0.25) is 10.0 Å². The molecule has 2 amide bonds. The Labute approximate surface area is 160 Å². The Balaban J connectivity index is 1.91. The Kier molecular flexibility index (Phi) is 6.83. The maximum atomic E-state index is 13.7. The Morgan fingerprint density at radius 3 is 2.50 bits per heavy atom. The first-order valence-corrected chi connectivity index (χ1v) is 8.37. The number of methoxy groups -OCH3 is 1. The molecule has 2 aromatic carbocycles. The predicted octanol–water partition coefficient (Wildman–Crippen LogP) is 3.53.